The van der Waals surface area contributed by atoms with E-state index < -0.39 is 0 Å². The minimum absolute atomic E-state index is 0.819. The molecule has 4 heteroatoms. The number of aromatic nitrogens is 2. The van der Waals surface area contributed by atoms with Crippen LogP contribution in [0, 0.1) is 6.92 Å². The molecule has 0 amide bonds. The Morgan fingerprint density at radius 3 is 2.56 bits per heavy atom. The van der Waals surface area contributed by atoms with Crippen LogP contribution >= 0.6 is 15.9 Å². The molecule has 84 valence electrons. The highest BCUT2D eigenvalue weighted by atomic mass is 79.9. The highest BCUT2D eigenvalue weighted by molar-refractivity contribution is 9.10. The molecule has 0 aliphatic carbocycles. The van der Waals surface area contributed by atoms with Crippen molar-refractivity contribution in [2.24, 2.45) is 7.05 Å². The van der Waals surface area contributed by atoms with E-state index in [0.717, 1.165) is 22.4 Å². The van der Waals surface area contributed by atoms with Crippen molar-refractivity contribution < 1.29 is 0 Å². The van der Waals surface area contributed by atoms with Gasteiger partial charge in [-0.3, -0.25) is 4.68 Å². The van der Waals surface area contributed by atoms with Gasteiger partial charge in [0.05, 0.1) is 11.4 Å². The highest BCUT2D eigenvalue weighted by Crippen LogP contribution is 2.14. The number of anilines is 1. The monoisotopic (exact) mass is 279 g/mol. The van der Waals surface area contributed by atoms with Crippen molar-refractivity contribution in [3.8, 4) is 0 Å². The molecule has 0 unspecified atom stereocenters. The van der Waals surface area contributed by atoms with Gasteiger partial charge in [0.15, 0.2) is 0 Å². The number of aryl methyl sites for hydroxylation is 2. The number of hydrogen-bond donors (Lipinski definition) is 1. The summed E-state index contributed by atoms with van der Waals surface area (Å²) in [6.07, 6.45) is 1.99. The lowest BCUT2D eigenvalue weighted by atomic mass is 10.2. The Morgan fingerprint density at radius 2 is 2.00 bits per heavy atom. The molecule has 2 aromatic rings. The number of benzene rings is 1. The van der Waals surface area contributed by atoms with Crippen molar-refractivity contribution >= 4 is 21.6 Å². The molecule has 0 spiro atoms. The summed E-state index contributed by atoms with van der Waals surface area (Å²) >= 11 is 3.42. The third-order valence-corrected chi connectivity index (χ3v) is 2.94. The lowest BCUT2D eigenvalue weighted by molar-refractivity contribution is 0.756. The first kappa shape index (κ1) is 11.2. The maximum Gasteiger partial charge on any atom is 0.0825 e. The molecule has 0 bridgehead atoms. The lowest BCUT2D eigenvalue weighted by Crippen LogP contribution is -1.99. The van der Waals surface area contributed by atoms with Gasteiger partial charge >= 0.3 is 0 Å². The molecular weight excluding hydrogens is 266 g/mol. The summed E-state index contributed by atoms with van der Waals surface area (Å²) in [5, 5.41) is 7.65. The molecular formula is C12H14BrN3. The molecule has 0 fully saturated rings. The van der Waals surface area contributed by atoms with Crippen LogP contribution in [0.15, 0.2) is 34.9 Å². The average molecular weight is 280 g/mol. The fraction of sp³-hybridized carbons (Fsp3) is 0.250. The third-order valence-electron chi connectivity index (χ3n) is 2.41. The second-order valence-corrected chi connectivity index (χ2v) is 4.70. The normalized spacial score (nSPS) is 10.4. The van der Waals surface area contributed by atoms with Gasteiger partial charge in [-0.05, 0) is 24.6 Å². The van der Waals surface area contributed by atoms with Crippen LogP contribution in [0.2, 0.25) is 0 Å². The first-order valence-electron chi connectivity index (χ1n) is 5.14. The van der Waals surface area contributed by atoms with Gasteiger partial charge in [0.1, 0.15) is 0 Å². The van der Waals surface area contributed by atoms with Crippen LogP contribution in [-0.4, -0.2) is 9.78 Å². The zero-order chi connectivity index (χ0) is 11.5. The van der Waals surface area contributed by atoms with Crippen LogP contribution in [0.3, 0.4) is 0 Å². The molecule has 1 aromatic heterocycles. The van der Waals surface area contributed by atoms with Crippen molar-refractivity contribution in [2.75, 3.05) is 5.32 Å². The van der Waals surface area contributed by atoms with Gasteiger partial charge in [0.2, 0.25) is 0 Å². The van der Waals surface area contributed by atoms with Gasteiger partial charge in [-0.25, -0.2) is 0 Å². The van der Waals surface area contributed by atoms with Gasteiger partial charge in [-0.15, -0.1) is 0 Å². The van der Waals surface area contributed by atoms with Crippen LogP contribution in [0.25, 0.3) is 0 Å². The minimum atomic E-state index is 0.819. The molecule has 0 saturated heterocycles. The summed E-state index contributed by atoms with van der Waals surface area (Å²) in [7, 11) is 1.93. The van der Waals surface area contributed by atoms with E-state index in [2.05, 4.69) is 38.5 Å². The summed E-state index contributed by atoms with van der Waals surface area (Å²) in [5.74, 6) is 0. The van der Waals surface area contributed by atoms with E-state index >= 15 is 0 Å². The van der Waals surface area contributed by atoms with Crippen molar-refractivity contribution in [3.63, 3.8) is 0 Å². The van der Waals surface area contributed by atoms with Gasteiger partial charge in [-0.1, -0.05) is 28.1 Å². The number of hydrogen-bond acceptors (Lipinski definition) is 2. The van der Waals surface area contributed by atoms with Crippen molar-refractivity contribution in [1.29, 1.82) is 0 Å². The predicted molar refractivity (Wildman–Crippen MR) is 69.4 cm³/mol. The average Bonchev–Trinajstić information content (AvgIpc) is 2.57. The molecule has 0 aliphatic rings. The van der Waals surface area contributed by atoms with E-state index in [1.807, 2.05) is 37.0 Å². The van der Waals surface area contributed by atoms with E-state index in [4.69, 9.17) is 0 Å². The second kappa shape index (κ2) is 4.70. The molecule has 1 aromatic carbocycles. The van der Waals surface area contributed by atoms with Crippen LogP contribution < -0.4 is 5.32 Å². The van der Waals surface area contributed by atoms with Crippen LogP contribution in [0.5, 0.6) is 0 Å². The van der Waals surface area contributed by atoms with Gasteiger partial charge in [0.25, 0.3) is 0 Å². The molecule has 1 heterocycles. The zero-order valence-electron chi connectivity index (χ0n) is 9.37. The first-order chi connectivity index (χ1) is 7.65. The number of nitrogens with zero attached hydrogens (tertiary/aromatic N) is 2. The maximum absolute atomic E-state index is 4.28. The van der Waals surface area contributed by atoms with E-state index in [1.165, 1.54) is 5.56 Å². The first-order valence-corrected chi connectivity index (χ1v) is 5.93. The fourth-order valence-electron chi connectivity index (χ4n) is 1.57. The van der Waals surface area contributed by atoms with Gasteiger partial charge in [0, 0.05) is 24.3 Å². The quantitative estimate of drug-likeness (QED) is 0.936. The van der Waals surface area contributed by atoms with Crippen molar-refractivity contribution in [2.45, 2.75) is 13.5 Å². The van der Waals surface area contributed by atoms with E-state index in [9.17, 15) is 0 Å². The summed E-state index contributed by atoms with van der Waals surface area (Å²) in [5.41, 5.74) is 3.37. The Kier molecular flexibility index (Phi) is 3.29. The van der Waals surface area contributed by atoms with Crippen molar-refractivity contribution in [1.82, 2.24) is 9.78 Å². The molecule has 3 nitrogen and oxygen atoms in total. The number of rotatable bonds is 3. The van der Waals surface area contributed by atoms with Crippen LogP contribution in [-0.2, 0) is 13.6 Å². The van der Waals surface area contributed by atoms with E-state index in [1.54, 1.807) is 0 Å². The Morgan fingerprint density at radius 1 is 1.31 bits per heavy atom. The second-order valence-electron chi connectivity index (χ2n) is 3.78. The minimum Gasteiger partial charge on any atom is -0.378 e. The van der Waals surface area contributed by atoms with Gasteiger partial charge in [-0.2, -0.15) is 5.10 Å². The molecule has 0 saturated carbocycles. The lowest BCUT2D eigenvalue weighted by Gasteiger charge is -2.04. The zero-order valence-corrected chi connectivity index (χ0v) is 11.0. The third kappa shape index (κ3) is 2.64. The van der Waals surface area contributed by atoms with E-state index in [0.29, 0.717) is 0 Å². The van der Waals surface area contributed by atoms with Crippen LogP contribution in [0.1, 0.15) is 11.3 Å². The summed E-state index contributed by atoms with van der Waals surface area (Å²) in [6, 6.07) is 8.30. The summed E-state index contributed by atoms with van der Waals surface area (Å²) < 4.78 is 2.92. The summed E-state index contributed by atoms with van der Waals surface area (Å²) in [4.78, 5) is 0. The predicted octanol–water partition coefficient (Wildman–Crippen LogP) is 3.10. The molecule has 2 rings (SSSR count). The number of nitrogens with one attached hydrogen (secondary N) is 1. The van der Waals surface area contributed by atoms with E-state index in [-0.39, 0.29) is 0 Å². The topological polar surface area (TPSA) is 29.9 Å². The summed E-state index contributed by atoms with van der Waals surface area (Å²) in [6.45, 7) is 2.82. The smallest absolute Gasteiger partial charge is 0.0825 e. The Hall–Kier alpha value is -1.29. The molecule has 0 atom stereocenters. The van der Waals surface area contributed by atoms with Crippen LogP contribution in [0.4, 0.5) is 5.69 Å². The Balaban J connectivity index is 2.02. The molecule has 0 aliphatic heterocycles. The number of halogens is 1. The fourth-order valence-corrected chi connectivity index (χ4v) is 1.84. The largest absolute Gasteiger partial charge is 0.378 e. The Bertz CT molecular complexity index is 474. The Labute approximate surface area is 104 Å². The molecule has 1 N–H and O–H groups in total. The maximum atomic E-state index is 4.28. The highest BCUT2D eigenvalue weighted by Gasteiger charge is 2.01. The standard InChI is InChI=1S/C12H14BrN3/c1-9-12(8-16(2)15-9)14-7-10-3-5-11(13)6-4-10/h3-6,8,14H,7H2,1-2H3. The van der Waals surface area contributed by atoms with Gasteiger partial charge < -0.3 is 5.32 Å². The van der Waals surface area contributed by atoms with Crippen molar-refractivity contribution in [3.05, 3.63) is 46.2 Å². The molecule has 0 radical (unpaired) electrons. The SMILES string of the molecule is Cc1nn(C)cc1NCc1ccc(Br)cc1. The molecule has 16 heavy (non-hydrogen) atoms.